The quantitative estimate of drug-likeness (QED) is 0.729. The summed E-state index contributed by atoms with van der Waals surface area (Å²) in [5.41, 5.74) is 3.78. The van der Waals surface area contributed by atoms with Gasteiger partial charge in [0.15, 0.2) is 6.29 Å². The number of carbonyl (C=O) groups excluding carboxylic acids is 1. The van der Waals surface area contributed by atoms with E-state index in [1.54, 1.807) is 0 Å². The standard InChI is InChI=1S/C13H11Br2NO/c1-8-5-10(7-17)9(2)16(8)13-4-3-11(14)6-12(13)15/h3-7H,1-2H3. The lowest BCUT2D eigenvalue weighted by Gasteiger charge is -2.12. The molecule has 1 aromatic heterocycles. The molecule has 2 aromatic rings. The van der Waals surface area contributed by atoms with Gasteiger partial charge in [0.05, 0.1) is 5.69 Å². The van der Waals surface area contributed by atoms with E-state index in [1.165, 1.54) is 0 Å². The SMILES string of the molecule is Cc1cc(C=O)c(C)n1-c1ccc(Br)cc1Br. The maximum atomic E-state index is 10.9. The van der Waals surface area contributed by atoms with Crippen LogP contribution >= 0.6 is 31.9 Å². The van der Waals surface area contributed by atoms with Gasteiger partial charge in [-0.25, -0.2) is 0 Å². The number of nitrogens with zero attached hydrogens (tertiary/aromatic N) is 1. The van der Waals surface area contributed by atoms with Gasteiger partial charge in [-0.05, 0) is 54.0 Å². The van der Waals surface area contributed by atoms with E-state index in [-0.39, 0.29) is 0 Å². The Hall–Kier alpha value is -0.870. The van der Waals surface area contributed by atoms with Gasteiger partial charge in [-0.15, -0.1) is 0 Å². The molecule has 0 aliphatic rings. The zero-order chi connectivity index (χ0) is 12.6. The first-order chi connectivity index (χ1) is 8.04. The van der Waals surface area contributed by atoms with E-state index in [0.717, 1.165) is 37.9 Å². The second-order valence-electron chi connectivity index (χ2n) is 3.88. The molecule has 1 aromatic carbocycles. The van der Waals surface area contributed by atoms with Crippen LogP contribution in [0, 0.1) is 13.8 Å². The molecule has 0 N–H and O–H groups in total. The van der Waals surface area contributed by atoms with Gasteiger partial charge in [0, 0.05) is 25.9 Å². The summed E-state index contributed by atoms with van der Waals surface area (Å²) in [6.45, 7) is 3.94. The number of carbonyl (C=O) groups is 1. The molecule has 2 nitrogen and oxygen atoms in total. The molecule has 0 saturated carbocycles. The van der Waals surface area contributed by atoms with Crippen molar-refractivity contribution in [2.75, 3.05) is 0 Å². The van der Waals surface area contributed by atoms with E-state index in [2.05, 4.69) is 36.4 Å². The lowest BCUT2D eigenvalue weighted by molar-refractivity contribution is 0.112. The summed E-state index contributed by atoms with van der Waals surface area (Å²) in [7, 11) is 0. The molecule has 0 spiro atoms. The van der Waals surface area contributed by atoms with Crippen LogP contribution < -0.4 is 0 Å². The van der Waals surface area contributed by atoms with Gasteiger partial charge in [0.1, 0.15) is 0 Å². The number of rotatable bonds is 2. The Labute approximate surface area is 117 Å². The molecular weight excluding hydrogens is 346 g/mol. The summed E-state index contributed by atoms with van der Waals surface area (Å²) in [6.07, 6.45) is 0.894. The van der Waals surface area contributed by atoms with Crippen LogP contribution in [0.25, 0.3) is 5.69 Å². The highest BCUT2D eigenvalue weighted by atomic mass is 79.9. The second-order valence-corrected chi connectivity index (χ2v) is 5.65. The largest absolute Gasteiger partial charge is 0.317 e. The van der Waals surface area contributed by atoms with Crippen LogP contribution in [0.3, 0.4) is 0 Å². The molecule has 1 heterocycles. The van der Waals surface area contributed by atoms with E-state index < -0.39 is 0 Å². The summed E-state index contributed by atoms with van der Waals surface area (Å²) in [5, 5.41) is 0. The first-order valence-corrected chi connectivity index (χ1v) is 6.72. The molecule has 0 fully saturated rings. The lowest BCUT2D eigenvalue weighted by Crippen LogP contribution is -2.00. The maximum absolute atomic E-state index is 10.9. The van der Waals surface area contributed by atoms with Crippen molar-refractivity contribution in [3.63, 3.8) is 0 Å². The highest BCUT2D eigenvalue weighted by Gasteiger charge is 2.12. The van der Waals surface area contributed by atoms with Crippen molar-refractivity contribution in [2.45, 2.75) is 13.8 Å². The topological polar surface area (TPSA) is 22.0 Å². The molecule has 0 unspecified atom stereocenters. The number of aldehydes is 1. The molecule has 2 rings (SSSR count). The summed E-state index contributed by atoms with van der Waals surface area (Å²) in [5.74, 6) is 0. The molecule has 0 radical (unpaired) electrons. The summed E-state index contributed by atoms with van der Waals surface area (Å²) < 4.78 is 4.08. The number of halogens is 2. The Bertz CT molecular complexity index is 587. The van der Waals surface area contributed by atoms with E-state index in [4.69, 9.17) is 0 Å². The third-order valence-corrected chi connectivity index (χ3v) is 3.88. The van der Waals surface area contributed by atoms with Crippen LogP contribution in [-0.2, 0) is 0 Å². The molecule has 0 atom stereocenters. The van der Waals surface area contributed by atoms with Gasteiger partial charge in [0.25, 0.3) is 0 Å². The fourth-order valence-corrected chi connectivity index (χ4v) is 3.16. The molecule has 0 aliphatic heterocycles. The van der Waals surface area contributed by atoms with Crippen LogP contribution in [0.4, 0.5) is 0 Å². The fraction of sp³-hybridized carbons (Fsp3) is 0.154. The van der Waals surface area contributed by atoms with Gasteiger partial charge >= 0.3 is 0 Å². The number of hydrogen-bond acceptors (Lipinski definition) is 1. The maximum Gasteiger partial charge on any atom is 0.151 e. The smallest absolute Gasteiger partial charge is 0.151 e. The molecule has 17 heavy (non-hydrogen) atoms. The predicted octanol–water partition coefficient (Wildman–Crippen LogP) is 4.43. The Morgan fingerprint density at radius 3 is 2.41 bits per heavy atom. The van der Waals surface area contributed by atoms with Crippen LogP contribution in [0.5, 0.6) is 0 Å². The first kappa shape index (κ1) is 12.6. The minimum absolute atomic E-state index is 0.734. The van der Waals surface area contributed by atoms with Crippen molar-refractivity contribution < 1.29 is 4.79 Å². The van der Waals surface area contributed by atoms with Crippen molar-refractivity contribution in [1.82, 2.24) is 4.57 Å². The minimum atomic E-state index is 0.734. The molecule has 0 aliphatic carbocycles. The molecular formula is C13H11Br2NO. The summed E-state index contributed by atoms with van der Waals surface area (Å²) in [4.78, 5) is 10.9. The zero-order valence-electron chi connectivity index (χ0n) is 9.50. The summed E-state index contributed by atoms with van der Waals surface area (Å²) >= 11 is 6.97. The number of aromatic nitrogens is 1. The molecule has 0 saturated heterocycles. The monoisotopic (exact) mass is 355 g/mol. The predicted molar refractivity (Wildman–Crippen MR) is 76.0 cm³/mol. The van der Waals surface area contributed by atoms with Crippen molar-refractivity contribution in [3.05, 3.63) is 50.2 Å². The number of hydrogen-bond donors (Lipinski definition) is 0. The zero-order valence-corrected chi connectivity index (χ0v) is 12.7. The van der Waals surface area contributed by atoms with E-state index in [0.29, 0.717) is 0 Å². The van der Waals surface area contributed by atoms with Crippen LogP contribution in [0.1, 0.15) is 21.7 Å². The third kappa shape index (κ3) is 2.24. The second kappa shape index (κ2) is 4.78. The lowest BCUT2D eigenvalue weighted by atomic mass is 10.2. The van der Waals surface area contributed by atoms with Gasteiger partial charge in [-0.1, -0.05) is 15.9 Å². The summed E-state index contributed by atoms with van der Waals surface area (Å²) in [6, 6.07) is 7.90. The van der Waals surface area contributed by atoms with E-state index in [9.17, 15) is 4.79 Å². The Morgan fingerprint density at radius 1 is 1.18 bits per heavy atom. The Balaban J connectivity index is 2.68. The van der Waals surface area contributed by atoms with Crippen molar-refractivity contribution in [1.29, 1.82) is 0 Å². The van der Waals surface area contributed by atoms with Gasteiger partial charge in [-0.2, -0.15) is 0 Å². The van der Waals surface area contributed by atoms with Crippen LogP contribution in [0.15, 0.2) is 33.2 Å². The average Bonchev–Trinajstić information content (AvgIpc) is 2.55. The first-order valence-electron chi connectivity index (χ1n) is 5.14. The number of aryl methyl sites for hydroxylation is 1. The van der Waals surface area contributed by atoms with Crippen LogP contribution in [-0.4, -0.2) is 10.9 Å². The normalized spacial score (nSPS) is 10.6. The van der Waals surface area contributed by atoms with Crippen molar-refractivity contribution in [2.24, 2.45) is 0 Å². The fourth-order valence-electron chi connectivity index (χ4n) is 1.94. The molecule has 4 heteroatoms. The number of benzene rings is 1. The van der Waals surface area contributed by atoms with Gasteiger partial charge < -0.3 is 4.57 Å². The third-order valence-electron chi connectivity index (χ3n) is 2.75. The molecule has 0 amide bonds. The van der Waals surface area contributed by atoms with Crippen molar-refractivity contribution in [3.8, 4) is 5.69 Å². The highest BCUT2D eigenvalue weighted by molar-refractivity contribution is 9.11. The Morgan fingerprint density at radius 2 is 1.88 bits per heavy atom. The molecule has 0 bridgehead atoms. The average molecular weight is 357 g/mol. The minimum Gasteiger partial charge on any atom is -0.317 e. The molecule has 88 valence electrons. The van der Waals surface area contributed by atoms with E-state index in [1.807, 2.05) is 38.1 Å². The van der Waals surface area contributed by atoms with E-state index >= 15 is 0 Å². The Kier molecular flexibility index (Phi) is 3.54. The van der Waals surface area contributed by atoms with Crippen LogP contribution in [0.2, 0.25) is 0 Å². The van der Waals surface area contributed by atoms with Crippen molar-refractivity contribution >= 4 is 38.1 Å². The highest BCUT2D eigenvalue weighted by Crippen LogP contribution is 2.28. The van der Waals surface area contributed by atoms with Gasteiger partial charge in [-0.3, -0.25) is 4.79 Å². The van der Waals surface area contributed by atoms with Gasteiger partial charge in [0.2, 0.25) is 0 Å².